The Hall–Kier alpha value is -4.70. The van der Waals surface area contributed by atoms with Gasteiger partial charge in [0.25, 0.3) is 0 Å². The van der Waals surface area contributed by atoms with Gasteiger partial charge in [0.1, 0.15) is 17.1 Å². The number of nitrogens with one attached hydrogen (secondary N) is 2. The van der Waals surface area contributed by atoms with Crippen LogP contribution in [0.5, 0.6) is 11.5 Å². The number of H-pyrrole nitrogens is 1. The molecular weight excluding hydrogens is 866 g/mol. The lowest BCUT2D eigenvalue weighted by molar-refractivity contribution is -0.146. The second-order valence-electron chi connectivity index (χ2n) is 9.82. The number of pyridine rings is 1. The van der Waals surface area contributed by atoms with E-state index < -0.39 is 17.9 Å². The van der Waals surface area contributed by atoms with Crippen molar-refractivity contribution in [3.05, 3.63) is 144 Å². The van der Waals surface area contributed by atoms with Gasteiger partial charge in [-0.15, -0.1) is 0 Å². The maximum Gasteiger partial charge on any atom is 0.347 e. The number of halogens is 2. The van der Waals surface area contributed by atoms with Crippen LogP contribution in [0.4, 0.5) is 5.69 Å². The van der Waals surface area contributed by atoms with Crippen molar-refractivity contribution in [1.82, 2.24) is 4.98 Å². The van der Waals surface area contributed by atoms with E-state index in [4.69, 9.17) is 18.9 Å². The summed E-state index contributed by atoms with van der Waals surface area (Å²) in [5.74, 6) is -0.259. The maximum absolute atomic E-state index is 12.0. The van der Waals surface area contributed by atoms with Crippen LogP contribution in [0.1, 0.15) is 31.1 Å². The molecule has 0 fully saturated rings. The Morgan fingerprint density at radius 3 is 1.80 bits per heavy atom. The molecule has 1 aromatic heterocycles. The number of aromatic amines is 1. The topological polar surface area (TPSA) is 133 Å². The van der Waals surface area contributed by atoms with E-state index in [2.05, 4.69) is 55.5 Å². The average molecular weight is 903 g/mol. The predicted octanol–water partition coefficient (Wildman–Crippen LogP) is 8.50. The van der Waals surface area contributed by atoms with Gasteiger partial charge < -0.3 is 29.2 Å². The van der Waals surface area contributed by atoms with Crippen LogP contribution >= 0.6 is 45.2 Å². The molecule has 0 amide bonds. The average Bonchev–Trinajstić information content (AvgIpc) is 3.10. The molecule has 0 atom stereocenters. The maximum atomic E-state index is 12.0. The number of aromatic nitrogens is 1. The zero-order chi connectivity index (χ0) is 36.3. The standard InChI is InChI=1S/C14H16INO4.C12H10INO3.C12H10O/c1-3-19-13(17)12(14(18)20-4-2)9-16-11-7-5-6-10(15)8-11;1-2-17-12(16)9-6-14-10-5-7(13)3-4-8(10)11(9)15;1-3-7-11(8-4-1)13-12-9-5-2-6-10-12/h5-9,16H,3-4H2,1-2H3;3-6H,2H2,1H3,(H,14,15);1-10H. The molecule has 0 aliphatic carbocycles. The van der Waals surface area contributed by atoms with Gasteiger partial charge in [-0.2, -0.15) is 0 Å². The lowest BCUT2D eigenvalue weighted by Crippen LogP contribution is -2.19. The van der Waals surface area contributed by atoms with Crippen LogP contribution in [0, 0.1) is 7.14 Å². The number of rotatable bonds is 10. The van der Waals surface area contributed by atoms with Crippen LogP contribution < -0.4 is 15.5 Å². The van der Waals surface area contributed by atoms with Crippen molar-refractivity contribution in [2.24, 2.45) is 0 Å². The molecule has 50 heavy (non-hydrogen) atoms. The smallest absolute Gasteiger partial charge is 0.347 e. The summed E-state index contributed by atoms with van der Waals surface area (Å²) in [6, 6.07) is 32.4. The van der Waals surface area contributed by atoms with Gasteiger partial charge >= 0.3 is 17.9 Å². The third kappa shape index (κ3) is 13.0. The van der Waals surface area contributed by atoms with E-state index in [9.17, 15) is 19.2 Å². The van der Waals surface area contributed by atoms with Crippen molar-refractivity contribution in [2.45, 2.75) is 20.8 Å². The second kappa shape index (κ2) is 21.4. The molecule has 0 unspecified atom stereocenters. The zero-order valence-electron chi connectivity index (χ0n) is 27.6. The molecule has 1 heterocycles. The van der Waals surface area contributed by atoms with Crippen LogP contribution in [-0.2, 0) is 23.8 Å². The summed E-state index contributed by atoms with van der Waals surface area (Å²) in [5.41, 5.74) is 1.07. The molecule has 0 radical (unpaired) electrons. The Morgan fingerprint density at radius 1 is 0.700 bits per heavy atom. The van der Waals surface area contributed by atoms with Gasteiger partial charge in [-0.1, -0.05) is 42.5 Å². The first kappa shape index (κ1) is 39.7. The molecule has 0 aliphatic rings. The first-order valence-corrected chi connectivity index (χ1v) is 17.6. The minimum absolute atomic E-state index is 0.0422. The van der Waals surface area contributed by atoms with Crippen molar-refractivity contribution in [1.29, 1.82) is 0 Å². The van der Waals surface area contributed by atoms with E-state index in [0.29, 0.717) is 5.39 Å². The molecule has 0 aliphatic heterocycles. The number of hydrogen-bond acceptors (Lipinski definition) is 9. The number of fused-ring (bicyclic) bond motifs is 1. The Kier molecular flexibility index (Phi) is 17.0. The van der Waals surface area contributed by atoms with Gasteiger partial charge in [-0.25, -0.2) is 14.4 Å². The molecule has 0 bridgehead atoms. The fourth-order valence-electron chi connectivity index (χ4n) is 4.02. The number of carbonyl (C=O) groups is 3. The molecular formula is C38H36I2N2O8. The highest BCUT2D eigenvalue weighted by molar-refractivity contribution is 14.1. The molecule has 0 saturated carbocycles. The highest BCUT2D eigenvalue weighted by Crippen LogP contribution is 2.19. The summed E-state index contributed by atoms with van der Waals surface area (Å²) in [7, 11) is 0. The monoisotopic (exact) mass is 902 g/mol. The summed E-state index contributed by atoms with van der Waals surface area (Å²) in [6.07, 6.45) is 2.71. The van der Waals surface area contributed by atoms with Crippen LogP contribution in [0.2, 0.25) is 0 Å². The largest absolute Gasteiger partial charge is 0.462 e. The van der Waals surface area contributed by atoms with Gasteiger partial charge in [0.15, 0.2) is 5.57 Å². The van der Waals surface area contributed by atoms with Crippen molar-refractivity contribution in [2.75, 3.05) is 25.1 Å². The van der Waals surface area contributed by atoms with Gasteiger partial charge in [0.2, 0.25) is 5.43 Å². The highest BCUT2D eigenvalue weighted by atomic mass is 127. The quantitative estimate of drug-likeness (QED) is 0.0354. The number of anilines is 1. The Morgan fingerprint density at radius 2 is 1.26 bits per heavy atom. The van der Waals surface area contributed by atoms with E-state index in [0.717, 1.165) is 29.8 Å². The Bertz CT molecular complexity index is 1890. The summed E-state index contributed by atoms with van der Waals surface area (Å²) in [6.45, 7) is 5.69. The normalized spacial score (nSPS) is 9.86. The van der Waals surface area contributed by atoms with Gasteiger partial charge in [0, 0.05) is 30.6 Å². The van der Waals surface area contributed by atoms with Crippen LogP contribution in [0.3, 0.4) is 0 Å². The Balaban J connectivity index is 0.000000207. The molecule has 12 heteroatoms. The van der Waals surface area contributed by atoms with Crippen molar-refractivity contribution < 1.29 is 33.3 Å². The van der Waals surface area contributed by atoms with Crippen molar-refractivity contribution >= 4 is 79.7 Å². The zero-order valence-corrected chi connectivity index (χ0v) is 31.9. The van der Waals surface area contributed by atoms with E-state index in [1.165, 1.54) is 12.4 Å². The van der Waals surface area contributed by atoms with Crippen LogP contribution in [0.15, 0.2) is 126 Å². The molecule has 5 rings (SSSR count). The summed E-state index contributed by atoms with van der Waals surface area (Å²) >= 11 is 4.33. The second-order valence-corrected chi connectivity index (χ2v) is 12.3. The van der Waals surface area contributed by atoms with Crippen LogP contribution in [0.25, 0.3) is 10.9 Å². The SMILES string of the molecule is CCOC(=O)C(=CNc1cccc(I)c1)C(=O)OCC.CCOC(=O)c1c[nH]c2cc(I)ccc2c1=O.c1ccc(Oc2ccccc2)cc1. The predicted molar refractivity (Wildman–Crippen MR) is 210 cm³/mol. The number of carbonyl (C=O) groups excluding carboxylic acids is 3. The summed E-state index contributed by atoms with van der Waals surface area (Å²) in [4.78, 5) is 49.9. The van der Waals surface area contributed by atoms with E-state index >= 15 is 0 Å². The number of para-hydroxylation sites is 2. The third-order valence-electron chi connectivity index (χ3n) is 6.26. The molecule has 2 N–H and O–H groups in total. The number of hydrogen-bond donors (Lipinski definition) is 2. The number of benzene rings is 4. The number of esters is 3. The Labute approximate surface area is 317 Å². The molecule has 0 spiro atoms. The first-order valence-electron chi connectivity index (χ1n) is 15.5. The summed E-state index contributed by atoms with van der Waals surface area (Å²) < 4.78 is 22.1. The van der Waals surface area contributed by atoms with E-state index in [-0.39, 0.29) is 36.4 Å². The lowest BCUT2D eigenvalue weighted by Gasteiger charge is -2.07. The fourth-order valence-corrected chi connectivity index (χ4v) is 5.06. The highest BCUT2D eigenvalue weighted by Gasteiger charge is 2.21. The van der Waals surface area contributed by atoms with Crippen molar-refractivity contribution in [3.63, 3.8) is 0 Å². The molecule has 260 valence electrons. The number of ether oxygens (including phenoxy) is 4. The van der Waals surface area contributed by atoms with E-state index in [1.807, 2.05) is 97.1 Å². The van der Waals surface area contributed by atoms with Crippen LogP contribution in [-0.4, -0.2) is 42.7 Å². The molecule has 4 aromatic carbocycles. The van der Waals surface area contributed by atoms with Gasteiger partial charge in [0.05, 0.1) is 25.3 Å². The van der Waals surface area contributed by atoms with Gasteiger partial charge in [-0.3, -0.25) is 4.79 Å². The van der Waals surface area contributed by atoms with E-state index in [1.54, 1.807) is 26.8 Å². The van der Waals surface area contributed by atoms with Gasteiger partial charge in [-0.05, 0) is 127 Å². The molecule has 0 saturated heterocycles. The molecule has 5 aromatic rings. The third-order valence-corrected chi connectivity index (χ3v) is 7.60. The minimum Gasteiger partial charge on any atom is -0.462 e. The first-order chi connectivity index (χ1) is 24.2. The fraction of sp³-hybridized carbons (Fsp3) is 0.158. The minimum atomic E-state index is -0.705. The van der Waals surface area contributed by atoms with Crippen molar-refractivity contribution in [3.8, 4) is 11.5 Å². The lowest BCUT2D eigenvalue weighted by atomic mass is 10.1. The molecule has 10 nitrogen and oxygen atoms in total. The summed E-state index contributed by atoms with van der Waals surface area (Å²) in [5, 5.41) is 3.39.